The standard InChI is InChI=1S/C13H20ClN5/c1-5-6-19-13(10(14)8-16-19)12(15-3)11-7-9(2)17-18(11)4/h7-8,12,15H,5-6H2,1-4H3. The van der Waals surface area contributed by atoms with E-state index in [1.807, 2.05) is 30.4 Å². The van der Waals surface area contributed by atoms with Crippen molar-refractivity contribution < 1.29 is 0 Å². The molecule has 1 atom stereocenters. The second-order valence-corrected chi connectivity index (χ2v) is 5.06. The summed E-state index contributed by atoms with van der Waals surface area (Å²) in [7, 11) is 3.87. The lowest BCUT2D eigenvalue weighted by atomic mass is 10.1. The Morgan fingerprint density at radius 3 is 2.74 bits per heavy atom. The monoisotopic (exact) mass is 281 g/mol. The first-order chi connectivity index (χ1) is 9.08. The fraction of sp³-hybridized carbons (Fsp3) is 0.538. The van der Waals surface area contributed by atoms with Crippen molar-refractivity contribution in [2.45, 2.75) is 32.9 Å². The number of hydrogen-bond donors (Lipinski definition) is 1. The highest BCUT2D eigenvalue weighted by Gasteiger charge is 2.23. The van der Waals surface area contributed by atoms with Crippen LogP contribution in [-0.4, -0.2) is 26.6 Å². The Morgan fingerprint density at radius 2 is 2.21 bits per heavy atom. The average Bonchev–Trinajstić information content (AvgIpc) is 2.87. The molecule has 1 N–H and O–H groups in total. The van der Waals surface area contributed by atoms with Crippen LogP contribution in [0.25, 0.3) is 0 Å². The molecule has 1 unspecified atom stereocenters. The Balaban J connectivity index is 2.47. The summed E-state index contributed by atoms with van der Waals surface area (Å²) in [6.45, 7) is 4.97. The Kier molecular flexibility index (Phi) is 4.27. The quantitative estimate of drug-likeness (QED) is 0.915. The molecule has 0 aromatic carbocycles. The maximum absolute atomic E-state index is 6.31. The number of nitrogens with zero attached hydrogens (tertiary/aromatic N) is 4. The van der Waals surface area contributed by atoms with Crippen molar-refractivity contribution in [2.75, 3.05) is 7.05 Å². The Labute approximate surface area is 118 Å². The Bertz CT molecular complexity index is 557. The van der Waals surface area contributed by atoms with E-state index in [1.165, 1.54) is 0 Å². The molecule has 0 spiro atoms. The van der Waals surface area contributed by atoms with Crippen molar-refractivity contribution >= 4 is 11.6 Å². The molecule has 19 heavy (non-hydrogen) atoms. The van der Waals surface area contributed by atoms with Gasteiger partial charge in [0.1, 0.15) is 0 Å². The van der Waals surface area contributed by atoms with Crippen molar-refractivity contribution in [1.82, 2.24) is 24.9 Å². The smallest absolute Gasteiger partial charge is 0.0931 e. The van der Waals surface area contributed by atoms with Gasteiger partial charge in [-0.25, -0.2) is 0 Å². The predicted molar refractivity (Wildman–Crippen MR) is 76.4 cm³/mol. The minimum atomic E-state index is -0.00671. The Morgan fingerprint density at radius 1 is 1.47 bits per heavy atom. The van der Waals surface area contributed by atoms with Crippen LogP contribution in [-0.2, 0) is 13.6 Å². The van der Waals surface area contributed by atoms with Crippen LogP contribution in [0.5, 0.6) is 0 Å². The molecule has 2 heterocycles. The molecule has 2 aromatic heterocycles. The third-order valence-corrected chi connectivity index (χ3v) is 3.46. The van der Waals surface area contributed by atoms with Crippen LogP contribution in [0.1, 0.15) is 36.5 Å². The zero-order valence-electron chi connectivity index (χ0n) is 11.8. The maximum Gasteiger partial charge on any atom is 0.0931 e. The van der Waals surface area contributed by atoms with Gasteiger partial charge in [0, 0.05) is 13.6 Å². The highest BCUT2D eigenvalue weighted by atomic mass is 35.5. The van der Waals surface area contributed by atoms with Crippen molar-refractivity contribution in [3.63, 3.8) is 0 Å². The van der Waals surface area contributed by atoms with Crippen molar-refractivity contribution in [3.05, 3.63) is 34.4 Å². The molecule has 0 bridgehead atoms. The zero-order chi connectivity index (χ0) is 14.0. The van der Waals surface area contributed by atoms with E-state index in [4.69, 9.17) is 11.6 Å². The lowest BCUT2D eigenvalue weighted by molar-refractivity contribution is 0.515. The van der Waals surface area contributed by atoms with Gasteiger partial charge in [-0.05, 0) is 26.5 Å². The highest BCUT2D eigenvalue weighted by molar-refractivity contribution is 6.31. The topological polar surface area (TPSA) is 47.7 Å². The van der Waals surface area contributed by atoms with Gasteiger partial charge >= 0.3 is 0 Å². The van der Waals surface area contributed by atoms with Crippen LogP contribution in [0.2, 0.25) is 5.02 Å². The minimum absolute atomic E-state index is 0.00671. The summed E-state index contributed by atoms with van der Waals surface area (Å²) < 4.78 is 3.85. The summed E-state index contributed by atoms with van der Waals surface area (Å²) in [4.78, 5) is 0. The second kappa shape index (κ2) is 5.75. The number of aryl methyl sites for hydroxylation is 3. The number of rotatable bonds is 5. The third-order valence-electron chi connectivity index (χ3n) is 3.16. The molecule has 0 radical (unpaired) electrons. The Hall–Kier alpha value is -1.33. The normalized spacial score (nSPS) is 12.9. The van der Waals surface area contributed by atoms with Gasteiger partial charge < -0.3 is 5.32 Å². The highest BCUT2D eigenvalue weighted by Crippen LogP contribution is 2.28. The van der Waals surface area contributed by atoms with Gasteiger partial charge in [-0.3, -0.25) is 9.36 Å². The lowest BCUT2D eigenvalue weighted by Gasteiger charge is -2.18. The first-order valence-electron chi connectivity index (χ1n) is 6.47. The fourth-order valence-electron chi connectivity index (χ4n) is 2.37. The summed E-state index contributed by atoms with van der Waals surface area (Å²) in [5.74, 6) is 0. The molecular formula is C13H20ClN5. The summed E-state index contributed by atoms with van der Waals surface area (Å²) >= 11 is 6.31. The van der Waals surface area contributed by atoms with Crippen LogP contribution in [0.3, 0.4) is 0 Å². The van der Waals surface area contributed by atoms with Gasteiger partial charge in [-0.15, -0.1) is 0 Å². The van der Waals surface area contributed by atoms with Gasteiger partial charge in [-0.2, -0.15) is 10.2 Å². The number of nitrogens with one attached hydrogen (secondary N) is 1. The van der Waals surface area contributed by atoms with Crippen molar-refractivity contribution in [3.8, 4) is 0 Å². The predicted octanol–water partition coefficient (Wildman–Crippen LogP) is 2.30. The van der Waals surface area contributed by atoms with Gasteiger partial charge in [-0.1, -0.05) is 18.5 Å². The average molecular weight is 282 g/mol. The maximum atomic E-state index is 6.31. The molecule has 0 aliphatic carbocycles. The number of hydrogen-bond acceptors (Lipinski definition) is 3. The van der Waals surface area contributed by atoms with Crippen LogP contribution in [0, 0.1) is 6.92 Å². The van der Waals surface area contributed by atoms with Crippen molar-refractivity contribution in [1.29, 1.82) is 0 Å². The van der Waals surface area contributed by atoms with Crippen LogP contribution in [0.15, 0.2) is 12.3 Å². The molecule has 6 heteroatoms. The summed E-state index contributed by atoms with van der Waals surface area (Å²) in [5, 5.41) is 12.7. The SMILES string of the molecule is CCCn1ncc(Cl)c1C(NC)c1cc(C)nn1C. The van der Waals surface area contributed by atoms with E-state index >= 15 is 0 Å². The van der Waals surface area contributed by atoms with Gasteiger partial charge in [0.15, 0.2) is 0 Å². The molecule has 0 saturated carbocycles. The summed E-state index contributed by atoms with van der Waals surface area (Å²) in [6, 6.07) is 2.06. The third kappa shape index (κ3) is 2.67. The second-order valence-electron chi connectivity index (χ2n) is 4.66. The molecule has 0 fully saturated rings. The first kappa shape index (κ1) is 14.1. The van der Waals surface area contributed by atoms with E-state index in [0.717, 1.165) is 30.0 Å². The number of halogens is 1. The molecule has 0 aliphatic heterocycles. The van der Waals surface area contributed by atoms with Gasteiger partial charge in [0.25, 0.3) is 0 Å². The van der Waals surface area contributed by atoms with E-state index in [2.05, 4.69) is 28.5 Å². The molecule has 2 aromatic rings. The van der Waals surface area contributed by atoms with Crippen molar-refractivity contribution in [2.24, 2.45) is 7.05 Å². The first-order valence-corrected chi connectivity index (χ1v) is 6.85. The fourth-order valence-corrected chi connectivity index (χ4v) is 2.62. The minimum Gasteiger partial charge on any atom is -0.307 e. The molecular weight excluding hydrogens is 262 g/mol. The molecule has 0 saturated heterocycles. The molecule has 0 aliphatic rings. The van der Waals surface area contributed by atoms with Gasteiger partial charge in [0.2, 0.25) is 0 Å². The van der Waals surface area contributed by atoms with E-state index < -0.39 is 0 Å². The largest absolute Gasteiger partial charge is 0.307 e. The molecule has 5 nitrogen and oxygen atoms in total. The summed E-state index contributed by atoms with van der Waals surface area (Å²) in [6.07, 6.45) is 2.73. The van der Waals surface area contributed by atoms with E-state index in [1.54, 1.807) is 6.20 Å². The van der Waals surface area contributed by atoms with E-state index in [9.17, 15) is 0 Å². The summed E-state index contributed by atoms with van der Waals surface area (Å²) in [5.41, 5.74) is 3.07. The molecule has 104 valence electrons. The van der Waals surface area contributed by atoms with E-state index in [0.29, 0.717) is 5.02 Å². The molecule has 0 amide bonds. The van der Waals surface area contributed by atoms with Crippen LogP contribution < -0.4 is 5.32 Å². The van der Waals surface area contributed by atoms with Crippen LogP contribution in [0.4, 0.5) is 0 Å². The van der Waals surface area contributed by atoms with E-state index in [-0.39, 0.29) is 6.04 Å². The van der Waals surface area contributed by atoms with Gasteiger partial charge in [0.05, 0.1) is 34.3 Å². The lowest BCUT2D eigenvalue weighted by Crippen LogP contribution is -2.24. The number of aromatic nitrogens is 4. The zero-order valence-corrected chi connectivity index (χ0v) is 12.6. The molecule has 2 rings (SSSR count). The van der Waals surface area contributed by atoms with Crippen LogP contribution >= 0.6 is 11.6 Å².